The minimum absolute atomic E-state index is 0.0246. The van der Waals surface area contributed by atoms with Gasteiger partial charge < -0.3 is 15.8 Å². The molecule has 1 atom stereocenters. The van der Waals surface area contributed by atoms with Crippen molar-refractivity contribution in [3.05, 3.63) is 47.8 Å². The molecule has 1 fully saturated rings. The zero-order chi connectivity index (χ0) is 19.1. The summed E-state index contributed by atoms with van der Waals surface area (Å²) in [6, 6.07) is 9.50. The van der Waals surface area contributed by atoms with Crippen molar-refractivity contribution in [2.75, 3.05) is 13.2 Å². The van der Waals surface area contributed by atoms with Crippen LogP contribution in [-0.4, -0.2) is 41.0 Å². The van der Waals surface area contributed by atoms with E-state index in [9.17, 15) is 9.59 Å². The molecule has 3 rings (SSSR count). The number of nitrogens with one attached hydrogen (secondary N) is 1. The Kier molecular flexibility index (Phi) is 6.49. The maximum Gasteiger partial charge on any atom is 0.252 e. The summed E-state index contributed by atoms with van der Waals surface area (Å²) < 4.78 is 5.53. The molecule has 1 aliphatic heterocycles. The van der Waals surface area contributed by atoms with E-state index < -0.39 is 5.91 Å². The Balaban J connectivity index is 1.59. The Labute approximate surface area is 158 Å². The Bertz CT molecular complexity index is 789. The largest absolute Gasteiger partial charge is 0.378 e. The number of ether oxygens (including phenoxy) is 1. The van der Waals surface area contributed by atoms with Crippen LogP contribution in [0.5, 0.6) is 0 Å². The van der Waals surface area contributed by atoms with Gasteiger partial charge in [0.05, 0.1) is 17.4 Å². The molecule has 0 bridgehead atoms. The molecular formula is C20H24N4O3. The molecule has 3 N–H and O–H groups in total. The average molecular weight is 368 g/mol. The van der Waals surface area contributed by atoms with E-state index in [1.165, 1.54) is 6.20 Å². The molecule has 27 heavy (non-hydrogen) atoms. The maximum absolute atomic E-state index is 12.0. The molecule has 142 valence electrons. The van der Waals surface area contributed by atoms with Crippen molar-refractivity contribution >= 4 is 11.8 Å². The Morgan fingerprint density at radius 3 is 2.78 bits per heavy atom. The Morgan fingerprint density at radius 1 is 1.26 bits per heavy atom. The van der Waals surface area contributed by atoms with Gasteiger partial charge in [0.25, 0.3) is 5.91 Å². The van der Waals surface area contributed by atoms with Gasteiger partial charge in [-0.1, -0.05) is 30.3 Å². The zero-order valence-electron chi connectivity index (χ0n) is 15.2. The van der Waals surface area contributed by atoms with Crippen LogP contribution in [0.15, 0.2) is 36.5 Å². The summed E-state index contributed by atoms with van der Waals surface area (Å²) in [4.78, 5) is 32.4. The molecule has 7 nitrogen and oxygen atoms in total. The van der Waals surface area contributed by atoms with Crippen molar-refractivity contribution in [3.63, 3.8) is 0 Å². The molecule has 0 aliphatic carbocycles. The van der Waals surface area contributed by atoms with Gasteiger partial charge in [-0.2, -0.15) is 0 Å². The highest BCUT2D eigenvalue weighted by Crippen LogP contribution is 2.17. The summed E-state index contributed by atoms with van der Waals surface area (Å²) in [5, 5.41) is 2.87. The highest BCUT2D eigenvalue weighted by atomic mass is 16.5. The van der Waals surface area contributed by atoms with Crippen molar-refractivity contribution in [2.45, 2.75) is 38.2 Å². The first-order chi connectivity index (χ1) is 13.1. The summed E-state index contributed by atoms with van der Waals surface area (Å²) in [6.45, 7) is 1.18. The summed E-state index contributed by atoms with van der Waals surface area (Å²) in [5.41, 5.74) is 7.11. The van der Waals surface area contributed by atoms with Crippen LogP contribution >= 0.6 is 0 Å². The van der Waals surface area contributed by atoms with Crippen LogP contribution in [0.3, 0.4) is 0 Å². The van der Waals surface area contributed by atoms with Gasteiger partial charge in [0.15, 0.2) is 5.82 Å². The number of primary amides is 1. The fraction of sp³-hybridized carbons (Fsp3) is 0.400. The third-order valence-electron chi connectivity index (χ3n) is 4.57. The van der Waals surface area contributed by atoms with E-state index in [2.05, 4.69) is 15.3 Å². The molecule has 1 saturated heterocycles. The molecule has 1 aromatic carbocycles. The normalized spacial score (nSPS) is 16.2. The van der Waals surface area contributed by atoms with Gasteiger partial charge in [-0.25, -0.2) is 9.97 Å². The molecule has 0 radical (unpaired) electrons. The third kappa shape index (κ3) is 5.34. The first-order valence-electron chi connectivity index (χ1n) is 9.23. The fourth-order valence-electron chi connectivity index (χ4n) is 3.11. The lowest BCUT2D eigenvalue weighted by molar-refractivity contribution is -0.121. The number of nitrogens with two attached hydrogens (primary N) is 1. The predicted molar refractivity (Wildman–Crippen MR) is 101 cm³/mol. The first-order valence-corrected chi connectivity index (χ1v) is 9.23. The predicted octanol–water partition coefficient (Wildman–Crippen LogP) is 1.86. The monoisotopic (exact) mass is 368 g/mol. The van der Waals surface area contributed by atoms with E-state index in [1.54, 1.807) is 0 Å². The number of nitrogens with zero attached hydrogens (tertiary/aromatic N) is 2. The fourth-order valence-corrected chi connectivity index (χ4v) is 3.11. The van der Waals surface area contributed by atoms with Crippen LogP contribution in [0.2, 0.25) is 0 Å². The molecule has 2 heterocycles. The van der Waals surface area contributed by atoms with Crippen molar-refractivity contribution in [1.29, 1.82) is 0 Å². The number of carbonyl (C=O) groups excluding carboxylic acids is 2. The smallest absolute Gasteiger partial charge is 0.252 e. The number of hydrogen-bond acceptors (Lipinski definition) is 5. The molecule has 0 unspecified atom stereocenters. The minimum Gasteiger partial charge on any atom is -0.378 e. The van der Waals surface area contributed by atoms with Gasteiger partial charge in [-0.15, -0.1) is 0 Å². The second-order valence-corrected chi connectivity index (χ2v) is 6.56. The van der Waals surface area contributed by atoms with Gasteiger partial charge in [-0.05, 0) is 19.3 Å². The van der Waals surface area contributed by atoms with Crippen molar-refractivity contribution in [1.82, 2.24) is 15.3 Å². The quantitative estimate of drug-likeness (QED) is 0.739. The summed E-state index contributed by atoms with van der Waals surface area (Å²) in [5.74, 6) is -0.0712. The number of carbonyl (C=O) groups is 2. The van der Waals surface area contributed by atoms with Crippen LogP contribution in [0, 0.1) is 0 Å². The molecule has 0 saturated carbocycles. The van der Waals surface area contributed by atoms with Gasteiger partial charge >= 0.3 is 0 Å². The number of benzene rings is 1. The first kappa shape index (κ1) is 19.0. The van der Waals surface area contributed by atoms with E-state index in [0.717, 1.165) is 31.4 Å². The van der Waals surface area contributed by atoms with Crippen LogP contribution in [-0.2, 0) is 16.0 Å². The lowest BCUT2D eigenvalue weighted by Crippen LogP contribution is -2.27. The van der Waals surface area contributed by atoms with Crippen molar-refractivity contribution in [3.8, 4) is 11.4 Å². The average Bonchev–Trinajstić information content (AvgIpc) is 3.20. The van der Waals surface area contributed by atoms with Crippen LogP contribution in [0.4, 0.5) is 0 Å². The molecule has 7 heteroatoms. The van der Waals surface area contributed by atoms with Gasteiger partial charge in [0, 0.05) is 37.8 Å². The summed E-state index contributed by atoms with van der Waals surface area (Å²) >= 11 is 0. The topological polar surface area (TPSA) is 107 Å². The minimum atomic E-state index is -0.575. The lowest BCUT2D eigenvalue weighted by Gasteiger charge is -2.11. The van der Waals surface area contributed by atoms with Crippen LogP contribution in [0.1, 0.15) is 41.7 Å². The van der Waals surface area contributed by atoms with E-state index >= 15 is 0 Å². The van der Waals surface area contributed by atoms with Gasteiger partial charge in [0.2, 0.25) is 5.91 Å². The molecule has 2 amide bonds. The van der Waals surface area contributed by atoms with E-state index in [1.807, 2.05) is 30.3 Å². The standard InChI is InChI=1S/C20H24N4O3/c21-19(26)16-13-23-20(14-5-2-1-3-6-14)24-17(16)10-11-22-18(25)9-8-15-7-4-12-27-15/h1-3,5-6,13,15H,4,7-12H2,(H2,21,26)(H,22,25)/t15-/m0/s1. The van der Waals surface area contributed by atoms with Crippen LogP contribution in [0.25, 0.3) is 11.4 Å². The molecule has 1 aromatic heterocycles. The number of hydrogen-bond donors (Lipinski definition) is 2. The molecule has 1 aliphatic rings. The highest BCUT2D eigenvalue weighted by Gasteiger charge is 2.17. The van der Waals surface area contributed by atoms with E-state index in [4.69, 9.17) is 10.5 Å². The lowest BCUT2D eigenvalue weighted by atomic mass is 10.1. The second kappa shape index (κ2) is 9.23. The van der Waals surface area contributed by atoms with Gasteiger partial charge in [0.1, 0.15) is 0 Å². The second-order valence-electron chi connectivity index (χ2n) is 6.56. The number of aromatic nitrogens is 2. The van der Waals surface area contributed by atoms with E-state index in [-0.39, 0.29) is 17.6 Å². The zero-order valence-corrected chi connectivity index (χ0v) is 15.2. The Morgan fingerprint density at radius 2 is 2.07 bits per heavy atom. The molecular weight excluding hydrogens is 344 g/mol. The number of amides is 2. The summed E-state index contributed by atoms with van der Waals surface area (Å²) in [6.07, 6.45) is 5.33. The maximum atomic E-state index is 12.0. The highest BCUT2D eigenvalue weighted by molar-refractivity contribution is 5.93. The third-order valence-corrected chi connectivity index (χ3v) is 4.57. The van der Waals surface area contributed by atoms with Crippen molar-refractivity contribution in [2.24, 2.45) is 5.73 Å². The van der Waals surface area contributed by atoms with Crippen molar-refractivity contribution < 1.29 is 14.3 Å². The molecule has 2 aromatic rings. The van der Waals surface area contributed by atoms with Crippen LogP contribution < -0.4 is 11.1 Å². The van der Waals surface area contributed by atoms with E-state index in [0.29, 0.717) is 30.9 Å². The Hall–Kier alpha value is -2.80. The number of rotatable bonds is 8. The molecule has 0 spiro atoms. The van der Waals surface area contributed by atoms with Gasteiger partial charge in [-0.3, -0.25) is 9.59 Å². The SMILES string of the molecule is NC(=O)c1cnc(-c2ccccc2)nc1CCNC(=O)CC[C@@H]1CCCO1. The summed E-state index contributed by atoms with van der Waals surface area (Å²) in [7, 11) is 0.